The van der Waals surface area contributed by atoms with Crippen molar-refractivity contribution < 1.29 is 9.53 Å². The Hall–Kier alpha value is -0.630. The topological polar surface area (TPSA) is 26.3 Å². The molecule has 2 aliphatic heterocycles. The highest BCUT2D eigenvalue weighted by atomic mass is 16.5. The van der Waals surface area contributed by atoms with Crippen molar-refractivity contribution in [2.45, 2.75) is 70.5 Å². The number of carbonyl (C=O) groups is 1. The zero-order chi connectivity index (χ0) is 12.7. The van der Waals surface area contributed by atoms with E-state index < -0.39 is 0 Å². The third-order valence-electron chi connectivity index (χ3n) is 4.43. The molecule has 0 aromatic carbocycles. The van der Waals surface area contributed by atoms with Gasteiger partial charge in [-0.1, -0.05) is 12.2 Å². The van der Waals surface area contributed by atoms with E-state index in [1.54, 1.807) is 0 Å². The van der Waals surface area contributed by atoms with E-state index in [4.69, 9.17) is 4.74 Å². The Morgan fingerprint density at radius 1 is 1.35 bits per heavy atom. The van der Waals surface area contributed by atoms with Crippen molar-refractivity contribution >= 4 is 5.78 Å². The highest BCUT2D eigenvalue weighted by molar-refractivity contribution is 5.81. The minimum absolute atomic E-state index is 0.0208. The van der Waals surface area contributed by atoms with Crippen LogP contribution in [-0.4, -0.2) is 17.0 Å². The minimum Gasteiger partial charge on any atom is -0.368 e. The number of allylic oxidation sites excluding steroid dienone is 1. The van der Waals surface area contributed by atoms with Crippen molar-refractivity contribution in [2.24, 2.45) is 5.92 Å². The second kappa shape index (κ2) is 4.24. The van der Waals surface area contributed by atoms with Crippen LogP contribution in [0.4, 0.5) is 0 Å². The van der Waals surface area contributed by atoms with Gasteiger partial charge in [-0.25, -0.2) is 0 Å². The van der Waals surface area contributed by atoms with E-state index in [2.05, 4.69) is 20.4 Å². The average Bonchev–Trinajstić information content (AvgIpc) is 2.14. The number of fused-ring (bicyclic) bond motifs is 3. The Bertz CT molecular complexity index is 337. The van der Waals surface area contributed by atoms with Crippen LogP contribution in [-0.2, 0) is 9.53 Å². The summed E-state index contributed by atoms with van der Waals surface area (Å²) in [7, 11) is 0. The third kappa shape index (κ3) is 2.62. The van der Waals surface area contributed by atoms with Gasteiger partial charge in [0.25, 0.3) is 0 Å². The maximum absolute atomic E-state index is 12.0. The van der Waals surface area contributed by atoms with Crippen LogP contribution in [0.15, 0.2) is 12.2 Å². The molecule has 2 nitrogen and oxygen atoms in total. The molecular formula is C15H24O2. The van der Waals surface area contributed by atoms with E-state index in [9.17, 15) is 4.79 Å². The SMILES string of the molecule is C=C(C)CC(=O)CC1(C)OC2(C)CCC1CC2. The predicted molar refractivity (Wildman–Crippen MR) is 68.9 cm³/mol. The second-order valence-electron chi connectivity index (χ2n) is 6.49. The van der Waals surface area contributed by atoms with E-state index in [1.807, 2.05) is 6.92 Å². The van der Waals surface area contributed by atoms with Gasteiger partial charge in [-0.15, -0.1) is 0 Å². The van der Waals surface area contributed by atoms with Crippen molar-refractivity contribution in [3.63, 3.8) is 0 Å². The molecule has 1 unspecified atom stereocenters. The molecule has 2 heteroatoms. The highest BCUT2D eigenvalue weighted by Crippen LogP contribution is 2.51. The van der Waals surface area contributed by atoms with Crippen molar-refractivity contribution in [2.75, 3.05) is 0 Å². The Morgan fingerprint density at radius 2 is 1.94 bits per heavy atom. The molecule has 0 spiro atoms. The first kappa shape index (κ1) is 12.8. The fourth-order valence-corrected chi connectivity index (χ4v) is 3.56. The molecule has 0 aromatic rings. The number of carbonyl (C=O) groups excluding carboxylic acids is 1. The van der Waals surface area contributed by atoms with Gasteiger partial charge in [-0.05, 0) is 52.4 Å². The number of hydrogen-bond donors (Lipinski definition) is 0. The summed E-state index contributed by atoms with van der Waals surface area (Å²) in [5.74, 6) is 0.842. The van der Waals surface area contributed by atoms with Crippen LogP contribution in [0, 0.1) is 5.92 Å². The van der Waals surface area contributed by atoms with Crippen LogP contribution >= 0.6 is 0 Å². The summed E-state index contributed by atoms with van der Waals surface area (Å²) in [6, 6.07) is 0. The van der Waals surface area contributed by atoms with Crippen LogP contribution in [0.25, 0.3) is 0 Å². The van der Waals surface area contributed by atoms with Gasteiger partial charge >= 0.3 is 0 Å². The zero-order valence-corrected chi connectivity index (χ0v) is 11.3. The number of Topliss-reactive ketones (excluding diaryl/α,β-unsaturated/α-hetero) is 1. The van der Waals surface area contributed by atoms with Gasteiger partial charge in [0.1, 0.15) is 5.78 Å². The van der Waals surface area contributed by atoms with Crippen molar-refractivity contribution in [3.8, 4) is 0 Å². The molecule has 1 atom stereocenters. The summed E-state index contributed by atoms with van der Waals surface area (Å²) in [5.41, 5.74) is 0.746. The van der Waals surface area contributed by atoms with Gasteiger partial charge < -0.3 is 4.74 Å². The summed E-state index contributed by atoms with van der Waals surface area (Å²) in [6.45, 7) is 10.1. The summed E-state index contributed by atoms with van der Waals surface area (Å²) in [4.78, 5) is 12.0. The van der Waals surface area contributed by atoms with Gasteiger partial charge in [0.15, 0.2) is 0 Å². The van der Waals surface area contributed by atoms with Crippen LogP contribution in [0.5, 0.6) is 0 Å². The van der Waals surface area contributed by atoms with E-state index in [0.29, 0.717) is 18.8 Å². The number of ether oxygens (including phenoxy) is 1. The van der Waals surface area contributed by atoms with Gasteiger partial charge in [0, 0.05) is 12.8 Å². The van der Waals surface area contributed by atoms with E-state index in [-0.39, 0.29) is 17.0 Å². The molecule has 0 N–H and O–H groups in total. The molecule has 96 valence electrons. The molecule has 2 heterocycles. The summed E-state index contributed by atoms with van der Waals surface area (Å²) in [5, 5.41) is 0. The Kier molecular flexibility index (Phi) is 3.19. The molecule has 0 amide bonds. The quantitative estimate of drug-likeness (QED) is 0.696. The third-order valence-corrected chi connectivity index (χ3v) is 4.43. The Balaban J connectivity index is 2.04. The molecule has 3 rings (SSSR count). The molecule has 0 aromatic heterocycles. The van der Waals surface area contributed by atoms with Gasteiger partial charge in [0.2, 0.25) is 0 Å². The molecule has 3 aliphatic rings. The van der Waals surface area contributed by atoms with Crippen LogP contribution < -0.4 is 0 Å². The maximum atomic E-state index is 12.0. The van der Waals surface area contributed by atoms with Gasteiger partial charge in [0.05, 0.1) is 11.2 Å². The molecule has 1 aliphatic carbocycles. The summed E-state index contributed by atoms with van der Waals surface area (Å²) >= 11 is 0. The monoisotopic (exact) mass is 236 g/mol. The zero-order valence-electron chi connectivity index (χ0n) is 11.3. The first-order chi connectivity index (χ1) is 7.83. The standard InChI is InChI=1S/C15H24O2/c1-11(2)9-13(16)10-15(4)12-5-7-14(3,17-15)8-6-12/h12H,1,5-10H2,2-4H3. The van der Waals surface area contributed by atoms with Gasteiger partial charge in [-0.2, -0.15) is 0 Å². The number of hydrogen-bond acceptors (Lipinski definition) is 2. The highest BCUT2D eigenvalue weighted by Gasteiger charge is 2.51. The molecule has 2 saturated heterocycles. The number of ketones is 1. The Morgan fingerprint density at radius 3 is 2.41 bits per heavy atom. The fraction of sp³-hybridized carbons (Fsp3) is 0.800. The van der Waals surface area contributed by atoms with Crippen LogP contribution in [0.1, 0.15) is 59.3 Å². The lowest BCUT2D eigenvalue weighted by atomic mass is 9.66. The molecule has 1 saturated carbocycles. The lowest BCUT2D eigenvalue weighted by Crippen LogP contribution is -2.56. The molecular weight excluding hydrogens is 212 g/mol. The first-order valence-electron chi connectivity index (χ1n) is 6.69. The molecule has 17 heavy (non-hydrogen) atoms. The minimum atomic E-state index is -0.224. The lowest BCUT2D eigenvalue weighted by Gasteiger charge is -2.55. The Labute approximate surface area is 104 Å². The largest absolute Gasteiger partial charge is 0.368 e. The summed E-state index contributed by atoms with van der Waals surface area (Å²) < 4.78 is 6.26. The number of rotatable bonds is 4. The van der Waals surface area contributed by atoms with Crippen LogP contribution in [0.3, 0.4) is 0 Å². The second-order valence-corrected chi connectivity index (χ2v) is 6.49. The van der Waals surface area contributed by atoms with Gasteiger partial charge in [-0.3, -0.25) is 4.79 Å². The van der Waals surface area contributed by atoms with Crippen molar-refractivity contribution in [1.29, 1.82) is 0 Å². The normalized spacial score (nSPS) is 40.3. The molecule has 0 radical (unpaired) electrons. The maximum Gasteiger partial charge on any atom is 0.139 e. The average molecular weight is 236 g/mol. The van der Waals surface area contributed by atoms with Crippen molar-refractivity contribution in [1.82, 2.24) is 0 Å². The van der Waals surface area contributed by atoms with E-state index in [0.717, 1.165) is 18.4 Å². The fourth-order valence-electron chi connectivity index (χ4n) is 3.56. The van der Waals surface area contributed by atoms with E-state index >= 15 is 0 Å². The molecule has 3 fully saturated rings. The van der Waals surface area contributed by atoms with E-state index in [1.165, 1.54) is 12.8 Å². The summed E-state index contributed by atoms with van der Waals surface area (Å²) in [6.07, 6.45) is 5.80. The van der Waals surface area contributed by atoms with Crippen molar-refractivity contribution in [3.05, 3.63) is 12.2 Å². The lowest BCUT2D eigenvalue weighted by molar-refractivity contribution is -0.238. The predicted octanol–water partition coefficient (Wildman–Crippen LogP) is 3.65. The first-order valence-corrected chi connectivity index (χ1v) is 6.69. The molecule has 2 bridgehead atoms. The smallest absolute Gasteiger partial charge is 0.139 e. The van der Waals surface area contributed by atoms with Crippen LogP contribution in [0.2, 0.25) is 0 Å².